The summed E-state index contributed by atoms with van der Waals surface area (Å²) >= 11 is 1.69. The second-order valence-electron chi connectivity index (χ2n) is 5.11. The fourth-order valence-corrected chi connectivity index (χ4v) is 3.48. The fourth-order valence-electron chi connectivity index (χ4n) is 3.02. The first kappa shape index (κ1) is 11.8. The van der Waals surface area contributed by atoms with Crippen LogP contribution in [0.1, 0.15) is 12.8 Å². The number of rotatable bonds is 3. The first-order chi connectivity index (χ1) is 8.76. The van der Waals surface area contributed by atoms with Crippen molar-refractivity contribution in [3.8, 4) is 0 Å². The van der Waals surface area contributed by atoms with Crippen LogP contribution < -0.4 is 5.32 Å². The molecule has 1 saturated carbocycles. The summed E-state index contributed by atoms with van der Waals surface area (Å²) in [5.74, 6) is 1.48. The van der Waals surface area contributed by atoms with Gasteiger partial charge in [0.25, 0.3) is 0 Å². The molecule has 1 aromatic carbocycles. The number of amides is 1. The SMILES string of the molecule is CSc1cccc(NC(=O)C2CC3C=CC2C3)c1. The van der Waals surface area contributed by atoms with E-state index in [-0.39, 0.29) is 11.8 Å². The van der Waals surface area contributed by atoms with Crippen molar-refractivity contribution in [3.05, 3.63) is 36.4 Å². The molecule has 1 fully saturated rings. The minimum absolute atomic E-state index is 0.179. The number of hydrogen-bond acceptors (Lipinski definition) is 2. The van der Waals surface area contributed by atoms with Gasteiger partial charge in [0.15, 0.2) is 0 Å². The van der Waals surface area contributed by atoms with Crippen LogP contribution >= 0.6 is 11.8 Å². The monoisotopic (exact) mass is 259 g/mol. The summed E-state index contributed by atoms with van der Waals surface area (Å²) in [6, 6.07) is 8.04. The van der Waals surface area contributed by atoms with Gasteiger partial charge in [-0.05, 0) is 49.1 Å². The Balaban J connectivity index is 1.69. The van der Waals surface area contributed by atoms with Crippen molar-refractivity contribution >= 4 is 23.4 Å². The van der Waals surface area contributed by atoms with Crippen LogP contribution in [-0.4, -0.2) is 12.2 Å². The number of carbonyl (C=O) groups excluding carboxylic acids is 1. The van der Waals surface area contributed by atoms with E-state index in [0.717, 1.165) is 12.1 Å². The Hall–Kier alpha value is -1.22. The largest absolute Gasteiger partial charge is 0.326 e. The zero-order valence-electron chi connectivity index (χ0n) is 10.4. The van der Waals surface area contributed by atoms with Crippen LogP contribution in [0.3, 0.4) is 0 Å². The molecule has 3 rings (SSSR count). The molecule has 0 heterocycles. The number of allylic oxidation sites excluding steroid dienone is 2. The molecule has 1 N–H and O–H groups in total. The first-order valence-corrected chi connectivity index (χ1v) is 7.62. The Morgan fingerprint density at radius 1 is 1.33 bits per heavy atom. The Morgan fingerprint density at radius 3 is 2.89 bits per heavy atom. The summed E-state index contributed by atoms with van der Waals surface area (Å²) in [5.41, 5.74) is 0.915. The summed E-state index contributed by atoms with van der Waals surface area (Å²) < 4.78 is 0. The van der Waals surface area contributed by atoms with Gasteiger partial charge in [0.05, 0.1) is 0 Å². The number of carbonyl (C=O) groups is 1. The quantitative estimate of drug-likeness (QED) is 0.664. The molecule has 0 radical (unpaired) electrons. The van der Waals surface area contributed by atoms with Gasteiger partial charge in [-0.25, -0.2) is 0 Å². The molecule has 0 spiro atoms. The number of anilines is 1. The summed E-state index contributed by atoms with van der Waals surface area (Å²) in [4.78, 5) is 13.4. The van der Waals surface area contributed by atoms with Crippen molar-refractivity contribution in [3.63, 3.8) is 0 Å². The van der Waals surface area contributed by atoms with E-state index in [0.29, 0.717) is 11.8 Å². The van der Waals surface area contributed by atoms with Crippen LogP contribution in [0.15, 0.2) is 41.3 Å². The predicted octanol–water partition coefficient (Wildman–Crippen LogP) is 3.56. The van der Waals surface area contributed by atoms with E-state index in [4.69, 9.17) is 0 Å². The minimum atomic E-state index is 0.179. The van der Waals surface area contributed by atoms with Crippen molar-refractivity contribution in [1.82, 2.24) is 0 Å². The van der Waals surface area contributed by atoms with E-state index >= 15 is 0 Å². The summed E-state index contributed by atoms with van der Waals surface area (Å²) in [7, 11) is 0. The highest BCUT2D eigenvalue weighted by molar-refractivity contribution is 7.98. The molecule has 2 bridgehead atoms. The van der Waals surface area contributed by atoms with Gasteiger partial charge in [-0.3, -0.25) is 4.79 Å². The molecule has 0 saturated heterocycles. The molecule has 1 aromatic rings. The maximum absolute atomic E-state index is 12.3. The van der Waals surface area contributed by atoms with Crippen LogP contribution in [0.25, 0.3) is 0 Å². The molecule has 18 heavy (non-hydrogen) atoms. The van der Waals surface area contributed by atoms with E-state index in [2.05, 4.69) is 23.5 Å². The molecule has 3 heteroatoms. The average molecular weight is 259 g/mol. The van der Waals surface area contributed by atoms with Crippen molar-refractivity contribution in [2.24, 2.45) is 17.8 Å². The van der Waals surface area contributed by atoms with Gasteiger partial charge in [0.1, 0.15) is 0 Å². The molecule has 2 nitrogen and oxygen atoms in total. The van der Waals surface area contributed by atoms with Crippen molar-refractivity contribution in [1.29, 1.82) is 0 Å². The number of hydrogen-bond donors (Lipinski definition) is 1. The number of benzene rings is 1. The van der Waals surface area contributed by atoms with E-state index < -0.39 is 0 Å². The highest BCUT2D eigenvalue weighted by atomic mass is 32.2. The summed E-state index contributed by atoms with van der Waals surface area (Å²) in [6.45, 7) is 0. The number of fused-ring (bicyclic) bond motifs is 2. The second-order valence-corrected chi connectivity index (χ2v) is 5.99. The standard InChI is InChI=1S/C15H17NOS/c1-18-13-4-2-3-12(9-13)16-15(17)14-8-10-5-6-11(14)7-10/h2-6,9-11,14H,7-8H2,1H3,(H,16,17). The summed E-state index contributed by atoms with van der Waals surface area (Å²) in [6.07, 6.45) is 8.72. The van der Waals surface area contributed by atoms with E-state index in [1.807, 2.05) is 24.5 Å². The van der Waals surface area contributed by atoms with Crippen molar-refractivity contribution in [2.45, 2.75) is 17.7 Å². The highest BCUT2D eigenvalue weighted by Gasteiger charge is 2.39. The molecule has 3 atom stereocenters. The van der Waals surface area contributed by atoms with Gasteiger partial charge in [-0.1, -0.05) is 18.2 Å². The lowest BCUT2D eigenvalue weighted by molar-refractivity contribution is -0.120. The van der Waals surface area contributed by atoms with E-state index in [9.17, 15) is 4.79 Å². The predicted molar refractivity (Wildman–Crippen MR) is 75.7 cm³/mol. The van der Waals surface area contributed by atoms with Crippen LogP contribution in [0.4, 0.5) is 5.69 Å². The van der Waals surface area contributed by atoms with Crippen LogP contribution in [0.5, 0.6) is 0 Å². The minimum Gasteiger partial charge on any atom is -0.326 e. The van der Waals surface area contributed by atoms with Gasteiger partial charge < -0.3 is 5.32 Å². The van der Waals surface area contributed by atoms with Gasteiger partial charge in [0, 0.05) is 16.5 Å². The lowest BCUT2D eigenvalue weighted by atomic mass is 9.93. The molecule has 94 valence electrons. The van der Waals surface area contributed by atoms with Crippen molar-refractivity contribution < 1.29 is 4.79 Å². The molecule has 2 aliphatic rings. The molecule has 0 aliphatic heterocycles. The molecule has 1 amide bonds. The molecule has 3 unspecified atom stereocenters. The highest BCUT2D eigenvalue weighted by Crippen LogP contribution is 2.43. The van der Waals surface area contributed by atoms with E-state index in [1.165, 1.54) is 11.3 Å². The van der Waals surface area contributed by atoms with Crippen LogP contribution in [0, 0.1) is 17.8 Å². The van der Waals surface area contributed by atoms with Gasteiger partial charge >= 0.3 is 0 Å². The fraction of sp³-hybridized carbons (Fsp3) is 0.400. The Bertz CT molecular complexity index is 497. The second kappa shape index (κ2) is 4.81. The third-order valence-electron chi connectivity index (χ3n) is 3.95. The van der Waals surface area contributed by atoms with Gasteiger partial charge in [-0.2, -0.15) is 0 Å². The Kier molecular flexibility index (Phi) is 3.16. The molecule has 0 aromatic heterocycles. The molecular formula is C15H17NOS. The Labute approximate surface area is 112 Å². The van der Waals surface area contributed by atoms with Gasteiger partial charge in [-0.15, -0.1) is 11.8 Å². The normalized spacial score (nSPS) is 28.6. The number of nitrogens with one attached hydrogen (secondary N) is 1. The smallest absolute Gasteiger partial charge is 0.228 e. The van der Waals surface area contributed by atoms with Crippen molar-refractivity contribution in [2.75, 3.05) is 11.6 Å². The van der Waals surface area contributed by atoms with E-state index in [1.54, 1.807) is 11.8 Å². The van der Waals surface area contributed by atoms with Crippen LogP contribution in [0.2, 0.25) is 0 Å². The first-order valence-electron chi connectivity index (χ1n) is 6.39. The summed E-state index contributed by atoms with van der Waals surface area (Å²) in [5, 5.41) is 3.06. The molecule has 2 aliphatic carbocycles. The van der Waals surface area contributed by atoms with Gasteiger partial charge in [0.2, 0.25) is 5.91 Å². The maximum Gasteiger partial charge on any atom is 0.228 e. The van der Waals surface area contributed by atoms with Crippen LogP contribution in [-0.2, 0) is 4.79 Å². The zero-order valence-corrected chi connectivity index (χ0v) is 11.2. The topological polar surface area (TPSA) is 29.1 Å². The lowest BCUT2D eigenvalue weighted by Gasteiger charge is -2.17. The lowest BCUT2D eigenvalue weighted by Crippen LogP contribution is -2.25. The zero-order chi connectivity index (χ0) is 12.5. The maximum atomic E-state index is 12.3. The third kappa shape index (κ3) is 2.19. The average Bonchev–Trinajstić information content (AvgIpc) is 3.01. The third-order valence-corrected chi connectivity index (χ3v) is 4.68. The Morgan fingerprint density at radius 2 is 2.22 bits per heavy atom. The number of thioether (sulfide) groups is 1. The molecular weight excluding hydrogens is 242 g/mol.